The van der Waals surface area contributed by atoms with E-state index >= 15 is 0 Å². The number of allylic oxidation sites excluding steroid dienone is 1. The lowest BCUT2D eigenvalue weighted by atomic mass is 10.0. The molecule has 0 radical (unpaired) electrons. The number of halogens is 2. The minimum Gasteiger partial charge on any atom is -0.294 e. The fourth-order valence-electron chi connectivity index (χ4n) is 1.27. The van der Waals surface area contributed by atoms with E-state index in [9.17, 15) is 13.6 Å². The van der Waals surface area contributed by atoms with Gasteiger partial charge in [0.15, 0.2) is 5.78 Å². The van der Waals surface area contributed by atoms with E-state index in [0.717, 1.165) is 6.07 Å². The van der Waals surface area contributed by atoms with E-state index in [4.69, 9.17) is 0 Å². The van der Waals surface area contributed by atoms with Crippen LogP contribution in [0.3, 0.4) is 0 Å². The van der Waals surface area contributed by atoms with Crippen molar-refractivity contribution in [2.75, 3.05) is 0 Å². The second-order valence-electron chi connectivity index (χ2n) is 3.61. The van der Waals surface area contributed by atoms with Crippen molar-refractivity contribution in [1.29, 1.82) is 0 Å². The fraction of sp³-hybridized carbons (Fsp3) is 0.250. The summed E-state index contributed by atoms with van der Waals surface area (Å²) in [5.74, 6) is -2.16. The van der Waals surface area contributed by atoms with Crippen LogP contribution in [0.25, 0.3) is 0 Å². The molecule has 0 atom stereocenters. The Kier molecular flexibility index (Phi) is 3.35. The van der Waals surface area contributed by atoms with Crippen molar-refractivity contribution in [2.24, 2.45) is 0 Å². The van der Waals surface area contributed by atoms with Crippen LogP contribution in [0.2, 0.25) is 0 Å². The number of Topliss-reactive ketones (excluding diaryl/α,β-unsaturated/α-hetero) is 1. The highest BCUT2D eigenvalue weighted by Gasteiger charge is 2.18. The first-order chi connectivity index (χ1) is 6.93. The Morgan fingerprint density at radius 1 is 1.40 bits per heavy atom. The molecule has 0 fully saturated rings. The van der Waals surface area contributed by atoms with Gasteiger partial charge in [0, 0.05) is 6.42 Å². The van der Waals surface area contributed by atoms with Gasteiger partial charge in [0.05, 0.1) is 5.56 Å². The van der Waals surface area contributed by atoms with E-state index in [0.29, 0.717) is 5.57 Å². The summed E-state index contributed by atoms with van der Waals surface area (Å²) in [5, 5.41) is 0. The molecule has 0 aliphatic rings. The van der Waals surface area contributed by atoms with Crippen molar-refractivity contribution in [1.82, 2.24) is 0 Å². The summed E-state index contributed by atoms with van der Waals surface area (Å²) in [6.45, 7) is 6.67. The molecule has 0 saturated carbocycles. The molecule has 0 heterocycles. The van der Waals surface area contributed by atoms with Crippen molar-refractivity contribution < 1.29 is 13.6 Å². The predicted molar refractivity (Wildman–Crippen MR) is 54.9 cm³/mol. The van der Waals surface area contributed by atoms with Crippen molar-refractivity contribution in [3.8, 4) is 0 Å². The summed E-state index contributed by atoms with van der Waals surface area (Å²) in [5.41, 5.74) is 0.389. The Morgan fingerprint density at radius 2 is 2.00 bits per heavy atom. The van der Waals surface area contributed by atoms with Crippen molar-refractivity contribution in [3.05, 3.63) is 47.0 Å². The van der Waals surface area contributed by atoms with Gasteiger partial charge >= 0.3 is 0 Å². The minimum absolute atomic E-state index is 0.0305. The van der Waals surface area contributed by atoms with Gasteiger partial charge in [-0.3, -0.25) is 4.79 Å². The molecule has 0 N–H and O–H groups in total. The van der Waals surface area contributed by atoms with Crippen molar-refractivity contribution in [2.45, 2.75) is 20.3 Å². The van der Waals surface area contributed by atoms with Crippen LogP contribution in [-0.4, -0.2) is 5.78 Å². The van der Waals surface area contributed by atoms with Gasteiger partial charge < -0.3 is 0 Å². The average molecular weight is 210 g/mol. The van der Waals surface area contributed by atoms with E-state index in [1.165, 1.54) is 13.0 Å². The predicted octanol–water partition coefficient (Wildman–Crippen LogP) is 3.42. The Bertz CT molecular complexity index is 422. The molecule has 1 aromatic carbocycles. The molecule has 1 rings (SSSR count). The third kappa shape index (κ3) is 2.49. The molecule has 1 aromatic rings. The summed E-state index contributed by atoms with van der Waals surface area (Å²) >= 11 is 0. The number of carbonyl (C=O) groups is 1. The number of hydrogen-bond donors (Lipinski definition) is 0. The van der Waals surface area contributed by atoms with Crippen LogP contribution < -0.4 is 0 Å². The molecule has 1 nitrogen and oxygen atoms in total. The Balaban J connectivity index is 3.18. The lowest BCUT2D eigenvalue weighted by Gasteiger charge is -2.06. The average Bonchev–Trinajstić information content (AvgIpc) is 2.11. The Labute approximate surface area is 87.4 Å². The molecule has 0 aliphatic carbocycles. The molecule has 0 unspecified atom stereocenters. The van der Waals surface area contributed by atoms with Crippen LogP contribution in [0.1, 0.15) is 29.3 Å². The quantitative estimate of drug-likeness (QED) is 0.551. The number of aryl methyl sites for hydroxylation is 1. The molecule has 0 spiro atoms. The van der Waals surface area contributed by atoms with Crippen LogP contribution in [0.5, 0.6) is 0 Å². The fourth-order valence-corrected chi connectivity index (χ4v) is 1.27. The van der Waals surface area contributed by atoms with Gasteiger partial charge in [-0.25, -0.2) is 8.78 Å². The van der Waals surface area contributed by atoms with Crippen LogP contribution in [0, 0.1) is 18.6 Å². The van der Waals surface area contributed by atoms with Crippen LogP contribution in [0.15, 0.2) is 24.3 Å². The van der Waals surface area contributed by atoms with Gasteiger partial charge in [-0.2, -0.15) is 0 Å². The lowest BCUT2D eigenvalue weighted by molar-refractivity contribution is 0.0985. The molecule has 80 valence electrons. The first-order valence-corrected chi connectivity index (χ1v) is 4.55. The highest BCUT2D eigenvalue weighted by molar-refractivity contribution is 5.98. The van der Waals surface area contributed by atoms with Crippen LogP contribution >= 0.6 is 0 Å². The molecule has 0 saturated heterocycles. The molecule has 0 amide bonds. The summed E-state index contributed by atoms with van der Waals surface area (Å²) in [6, 6.07) is 2.41. The topological polar surface area (TPSA) is 17.1 Å². The van der Waals surface area contributed by atoms with Gasteiger partial charge in [0.25, 0.3) is 0 Å². The number of ketones is 1. The molecule has 0 bridgehead atoms. The molecule has 15 heavy (non-hydrogen) atoms. The van der Waals surface area contributed by atoms with E-state index in [1.54, 1.807) is 6.92 Å². The SMILES string of the molecule is C=C(C)CC(=O)c1c(F)ccc(C)c1F. The molecule has 0 aliphatic heterocycles. The van der Waals surface area contributed by atoms with Crippen LogP contribution in [-0.2, 0) is 0 Å². The Hall–Kier alpha value is -1.51. The second-order valence-corrected chi connectivity index (χ2v) is 3.61. The van der Waals surface area contributed by atoms with Gasteiger partial charge in [-0.15, -0.1) is 0 Å². The lowest BCUT2D eigenvalue weighted by Crippen LogP contribution is -2.07. The Morgan fingerprint density at radius 3 is 2.53 bits per heavy atom. The largest absolute Gasteiger partial charge is 0.294 e. The molecular weight excluding hydrogens is 198 g/mol. The number of rotatable bonds is 3. The maximum absolute atomic E-state index is 13.5. The number of benzene rings is 1. The third-order valence-corrected chi connectivity index (χ3v) is 2.03. The first-order valence-electron chi connectivity index (χ1n) is 4.55. The number of carbonyl (C=O) groups excluding carboxylic acids is 1. The van der Waals surface area contributed by atoms with Gasteiger partial charge in [-0.1, -0.05) is 18.2 Å². The normalized spacial score (nSPS) is 10.1. The van der Waals surface area contributed by atoms with Crippen molar-refractivity contribution in [3.63, 3.8) is 0 Å². The summed E-state index contributed by atoms with van der Waals surface area (Å²) in [6.07, 6.45) is -0.0305. The zero-order chi connectivity index (χ0) is 11.6. The van der Waals surface area contributed by atoms with Gasteiger partial charge in [0.1, 0.15) is 11.6 Å². The highest BCUT2D eigenvalue weighted by atomic mass is 19.1. The van der Waals surface area contributed by atoms with Gasteiger partial charge in [0.2, 0.25) is 0 Å². The smallest absolute Gasteiger partial charge is 0.172 e. The first kappa shape index (κ1) is 11.6. The summed E-state index contributed by atoms with van der Waals surface area (Å²) < 4.78 is 26.7. The second kappa shape index (κ2) is 4.34. The van der Waals surface area contributed by atoms with Crippen molar-refractivity contribution >= 4 is 5.78 Å². The minimum atomic E-state index is -0.815. The van der Waals surface area contributed by atoms with E-state index in [-0.39, 0.29) is 12.0 Å². The molecule has 3 heteroatoms. The molecule has 0 aromatic heterocycles. The highest BCUT2D eigenvalue weighted by Crippen LogP contribution is 2.19. The van der Waals surface area contributed by atoms with E-state index in [1.807, 2.05) is 0 Å². The van der Waals surface area contributed by atoms with Crippen LogP contribution in [0.4, 0.5) is 8.78 Å². The zero-order valence-electron chi connectivity index (χ0n) is 8.73. The van der Waals surface area contributed by atoms with Gasteiger partial charge in [-0.05, 0) is 25.5 Å². The summed E-state index contributed by atoms with van der Waals surface area (Å²) in [4.78, 5) is 11.5. The monoisotopic (exact) mass is 210 g/mol. The van der Waals surface area contributed by atoms with E-state index < -0.39 is 23.0 Å². The summed E-state index contributed by atoms with van der Waals surface area (Å²) in [7, 11) is 0. The zero-order valence-corrected chi connectivity index (χ0v) is 8.73. The number of hydrogen-bond acceptors (Lipinski definition) is 1. The van der Waals surface area contributed by atoms with E-state index in [2.05, 4.69) is 6.58 Å². The standard InChI is InChI=1S/C12H12F2O/c1-7(2)6-10(15)11-9(13)5-4-8(3)12(11)14/h4-5H,1,6H2,2-3H3. The maximum Gasteiger partial charge on any atom is 0.172 e. The third-order valence-electron chi connectivity index (χ3n) is 2.03. The molecular formula is C12H12F2O. The maximum atomic E-state index is 13.5.